The van der Waals surface area contributed by atoms with E-state index in [4.69, 9.17) is 5.73 Å². The van der Waals surface area contributed by atoms with Gasteiger partial charge in [0.2, 0.25) is 0 Å². The van der Waals surface area contributed by atoms with E-state index in [0.717, 1.165) is 38.3 Å². The maximum absolute atomic E-state index is 6.18. The summed E-state index contributed by atoms with van der Waals surface area (Å²) in [6.45, 7) is 4.06. The van der Waals surface area contributed by atoms with Gasteiger partial charge in [0.1, 0.15) is 0 Å². The van der Waals surface area contributed by atoms with E-state index in [-0.39, 0.29) is 0 Å². The van der Waals surface area contributed by atoms with Crippen molar-refractivity contribution in [2.24, 2.45) is 0 Å². The molecule has 3 aromatic rings. The number of anilines is 1. The molecule has 19 heavy (non-hydrogen) atoms. The second-order valence-corrected chi connectivity index (χ2v) is 5.56. The smallest absolute Gasteiger partial charge is 0.170 e. The maximum atomic E-state index is 6.18. The van der Waals surface area contributed by atoms with E-state index in [1.54, 1.807) is 0 Å². The summed E-state index contributed by atoms with van der Waals surface area (Å²) in [4.78, 5) is 0. The van der Waals surface area contributed by atoms with Gasteiger partial charge in [0.05, 0.1) is 0 Å². The van der Waals surface area contributed by atoms with Gasteiger partial charge >= 0.3 is 0 Å². The van der Waals surface area contributed by atoms with E-state index in [2.05, 4.69) is 39.1 Å². The number of nitrogens with two attached hydrogens (primary N) is 1. The lowest BCUT2D eigenvalue weighted by Gasteiger charge is -2.09. The van der Waals surface area contributed by atoms with Crippen LogP contribution >= 0.6 is 15.9 Å². The second-order valence-electron chi connectivity index (χ2n) is 4.64. The van der Waals surface area contributed by atoms with Crippen LogP contribution in [-0.2, 0) is 0 Å². The first-order valence-corrected chi connectivity index (χ1v) is 6.73. The number of benzene rings is 1. The van der Waals surface area contributed by atoms with Gasteiger partial charge < -0.3 is 5.73 Å². The van der Waals surface area contributed by atoms with Crippen LogP contribution in [0.15, 0.2) is 34.9 Å². The number of aromatic nitrogens is 3. The molecule has 0 radical (unpaired) electrons. The predicted molar refractivity (Wildman–Crippen MR) is 80.0 cm³/mol. The van der Waals surface area contributed by atoms with Crippen LogP contribution in [0.2, 0.25) is 0 Å². The summed E-state index contributed by atoms with van der Waals surface area (Å²) in [6.07, 6.45) is 1.95. The molecule has 0 bridgehead atoms. The van der Waals surface area contributed by atoms with Crippen molar-refractivity contribution >= 4 is 27.3 Å². The highest BCUT2D eigenvalue weighted by Gasteiger charge is 2.13. The van der Waals surface area contributed by atoms with Gasteiger partial charge in [-0.1, -0.05) is 6.07 Å². The Morgan fingerprint density at radius 2 is 1.95 bits per heavy atom. The number of nitrogen functional groups attached to an aromatic ring is 1. The number of rotatable bonds is 1. The first-order chi connectivity index (χ1) is 9.06. The van der Waals surface area contributed by atoms with Crippen molar-refractivity contribution in [1.82, 2.24) is 14.6 Å². The number of hydrogen-bond acceptors (Lipinski definition) is 3. The third kappa shape index (κ3) is 2.00. The van der Waals surface area contributed by atoms with Gasteiger partial charge in [0.15, 0.2) is 11.5 Å². The predicted octanol–water partition coefficient (Wildman–Crippen LogP) is 3.36. The van der Waals surface area contributed by atoms with Gasteiger partial charge in [0.25, 0.3) is 0 Å². The monoisotopic (exact) mass is 316 g/mol. The van der Waals surface area contributed by atoms with E-state index >= 15 is 0 Å². The highest BCUT2D eigenvalue weighted by molar-refractivity contribution is 9.10. The molecule has 5 heteroatoms. The average molecular weight is 317 g/mol. The largest absolute Gasteiger partial charge is 0.398 e. The van der Waals surface area contributed by atoms with Gasteiger partial charge in [-0.15, -0.1) is 10.2 Å². The lowest BCUT2D eigenvalue weighted by Crippen LogP contribution is -1.98. The molecule has 0 amide bonds. The molecule has 1 aromatic carbocycles. The van der Waals surface area contributed by atoms with E-state index < -0.39 is 0 Å². The number of halogens is 1. The number of fused-ring (bicyclic) bond motifs is 1. The fourth-order valence-electron chi connectivity index (χ4n) is 2.21. The zero-order valence-corrected chi connectivity index (χ0v) is 12.3. The summed E-state index contributed by atoms with van der Waals surface area (Å²) in [7, 11) is 0. The second kappa shape index (κ2) is 4.35. The minimum absolute atomic E-state index is 0.750. The van der Waals surface area contributed by atoms with Crippen molar-refractivity contribution in [3.8, 4) is 11.4 Å². The van der Waals surface area contributed by atoms with Crippen LogP contribution in [0.1, 0.15) is 11.1 Å². The fourth-order valence-corrected chi connectivity index (χ4v) is 2.55. The average Bonchev–Trinajstić information content (AvgIpc) is 2.76. The van der Waals surface area contributed by atoms with Crippen molar-refractivity contribution < 1.29 is 0 Å². The summed E-state index contributed by atoms with van der Waals surface area (Å²) in [5, 5.41) is 8.44. The standard InChI is InChI=1S/C14H13BrN4/c1-8-5-9(2)13(16)11(6-8)14-18-17-12-4-3-10(15)7-19(12)14/h3-7H,16H2,1-2H3. The number of hydrogen-bond donors (Lipinski definition) is 1. The fraction of sp³-hybridized carbons (Fsp3) is 0.143. The molecule has 0 spiro atoms. The number of nitrogens with zero attached hydrogens (tertiary/aromatic N) is 3. The maximum Gasteiger partial charge on any atom is 0.170 e. The van der Waals surface area contributed by atoms with E-state index in [0.29, 0.717) is 0 Å². The van der Waals surface area contributed by atoms with Gasteiger partial charge in [-0.05, 0) is 59.1 Å². The molecule has 2 heterocycles. The van der Waals surface area contributed by atoms with E-state index in [9.17, 15) is 0 Å². The Morgan fingerprint density at radius 1 is 1.16 bits per heavy atom. The highest BCUT2D eigenvalue weighted by atomic mass is 79.9. The summed E-state index contributed by atoms with van der Waals surface area (Å²) in [6, 6.07) is 7.97. The molecule has 0 aliphatic heterocycles. The third-order valence-corrected chi connectivity index (χ3v) is 3.61. The third-order valence-electron chi connectivity index (χ3n) is 3.14. The Kier molecular flexibility index (Phi) is 2.78. The summed E-state index contributed by atoms with van der Waals surface area (Å²) in [5.41, 5.74) is 10.9. The normalized spacial score (nSPS) is 11.1. The molecular formula is C14H13BrN4. The molecule has 96 valence electrons. The molecular weight excluding hydrogens is 304 g/mol. The van der Waals surface area contributed by atoms with Crippen molar-refractivity contribution in [3.63, 3.8) is 0 Å². The zero-order chi connectivity index (χ0) is 13.6. The van der Waals surface area contributed by atoms with Crippen LogP contribution in [0.25, 0.3) is 17.0 Å². The topological polar surface area (TPSA) is 56.2 Å². The molecule has 0 fully saturated rings. The summed E-state index contributed by atoms with van der Waals surface area (Å²) < 4.78 is 2.92. The first kappa shape index (κ1) is 12.2. The lowest BCUT2D eigenvalue weighted by atomic mass is 10.0. The highest BCUT2D eigenvalue weighted by Crippen LogP contribution is 2.29. The lowest BCUT2D eigenvalue weighted by molar-refractivity contribution is 1.11. The molecule has 2 aromatic heterocycles. The zero-order valence-electron chi connectivity index (χ0n) is 10.7. The molecule has 0 aliphatic rings. The van der Waals surface area contributed by atoms with Crippen LogP contribution in [0.3, 0.4) is 0 Å². The summed E-state index contributed by atoms with van der Waals surface area (Å²) in [5.74, 6) is 0.764. The van der Waals surface area contributed by atoms with Crippen LogP contribution < -0.4 is 5.73 Å². The minimum Gasteiger partial charge on any atom is -0.398 e. The molecule has 0 saturated heterocycles. The molecule has 0 unspecified atom stereocenters. The number of pyridine rings is 1. The SMILES string of the molecule is Cc1cc(C)c(N)c(-c2nnc3ccc(Br)cn23)c1. The Balaban J connectivity index is 2.33. The molecule has 0 aliphatic carbocycles. The van der Waals surface area contributed by atoms with Crippen LogP contribution in [0.4, 0.5) is 5.69 Å². The quantitative estimate of drug-likeness (QED) is 0.700. The minimum atomic E-state index is 0.750. The molecule has 2 N–H and O–H groups in total. The van der Waals surface area contributed by atoms with E-state index in [1.807, 2.05) is 35.7 Å². The summed E-state index contributed by atoms with van der Waals surface area (Å²) >= 11 is 3.46. The van der Waals surface area contributed by atoms with Crippen LogP contribution in [0.5, 0.6) is 0 Å². The molecule has 0 atom stereocenters. The molecule has 4 nitrogen and oxygen atoms in total. The van der Waals surface area contributed by atoms with Gasteiger partial charge in [0, 0.05) is 21.9 Å². The molecule has 3 rings (SSSR count). The van der Waals surface area contributed by atoms with E-state index in [1.165, 1.54) is 0 Å². The van der Waals surface area contributed by atoms with Crippen molar-refractivity contribution in [1.29, 1.82) is 0 Å². The van der Waals surface area contributed by atoms with Crippen molar-refractivity contribution in [3.05, 3.63) is 46.1 Å². The van der Waals surface area contributed by atoms with Crippen LogP contribution in [0, 0.1) is 13.8 Å². The first-order valence-electron chi connectivity index (χ1n) is 5.93. The number of aryl methyl sites for hydroxylation is 2. The Hall–Kier alpha value is -1.88. The van der Waals surface area contributed by atoms with Crippen molar-refractivity contribution in [2.45, 2.75) is 13.8 Å². The van der Waals surface area contributed by atoms with Gasteiger partial charge in [-0.25, -0.2) is 0 Å². The van der Waals surface area contributed by atoms with Gasteiger partial charge in [-0.2, -0.15) is 0 Å². The van der Waals surface area contributed by atoms with Gasteiger partial charge in [-0.3, -0.25) is 4.40 Å². The molecule has 0 saturated carbocycles. The van der Waals surface area contributed by atoms with Crippen LogP contribution in [-0.4, -0.2) is 14.6 Å². The Morgan fingerprint density at radius 3 is 2.74 bits per heavy atom. The Labute approximate surface area is 119 Å². The van der Waals surface area contributed by atoms with Crippen molar-refractivity contribution in [2.75, 3.05) is 5.73 Å². The Bertz CT molecular complexity index is 776.